The molecule has 0 radical (unpaired) electrons. The van der Waals surface area contributed by atoms with Crippen LogP contribution in [0.5, 0.6) is 5.75 Å². The van der Waals surface area contributed by atoms with E-state index in [1.165, 1.54) is 12.8 Å². The number of urea groups is 1. The summed E-state index contributed by atoms with van der Waals surface area (Å²) in [6, 6.07) is 7.92. The van der Waals surface area contributed by atoms with Gasteiger partial charge in [0.1, 0.15) is 12.1 Å². The van der Waals surface area contributed by atoms with Gasteiger partial charge in [-0.2, -0.15) is 0 Å². The Morgan fingerprint density at radius 2 is 2.04 bits per heavy atom. The summed E-state index contributed by atoms with van der Waals surface area (Å²) in [5.41, 5.74) is 1.09. The Labute approximate surface area is 154 Å². The van der Waals surface area contributed by atoms with E-state index < -0.39 is 0 Å². The summed E-state index contributed by atoms with van der Waals surface area (Å²) in [5, 5.41) is 7.20. The van der Waals surface area contributed by atoms with Crippen LogP contribution in [0, 0.1) is 5.92 Å². The number of rotatable bonds is 4. The highest BCUT2D eigenvalue weighted by Crippen LogP contribution is 2.21. The number of nitrogens with one attached hydrogen (secondary N) is 1. The van der Waals surface area contributed by atoms with Crippen LogP contribution in [0.3, 0.4) is 0 Å². The molecule has 0 spiro atoms. The van der Waals surface area contributed by atoms with Crippen molar-refractivity contribution in [1.82, 2.24) is 19.7 Å². The molecule has 1 aliphatic rings. The lowest BCUT2D eigenvalue weighted by Crippen LogP contribution is -2.42. The molecule has 1 aromatic carbocycles. The second-order valence-electron chi connectivity index (χ2n) is 7.08. The number of anilines is 1. The lowest BCUT2D eigenvalue weighted by molar-refractivity contribution is 0.187. The van der Waals surface area contributed by atoms with Crippen LogP contribution in [0.4, 0.5) is 10.7 Å². The maximum atomic E-state index is 12.6. The summed E-state index contributed by atoms with van der Waals surface area (Å²) >= 11 is 0. The van der Waals surface area contributed by atoms with Crippen molar-refractivity contribution in [2.75, 3.05) is 19.0 Å². The van der Waals surface area contributed by atoms with Crippen LogP contribution in [-0.2, 0) is 6.54 Å². The Morgan fingerprint density at radius 3 is 2.77 bits per heavy atom. The number of carbonyl (C=O) groups excluding carboxylic acids is 1. The number of likely N-dealkylation sites (tertiary alicyclic amines) is 1. The topological polar surface area (TPSA) is 72.3 Å². The number of hydrogen-bond acceptors (Lipinski definition) is 4. The van der Waals surface area contributed by atoms with E-state index in [-0.39, 0.29) is 12.1 Å². The largest absolute Gasteiger partial charge is 0.497 e. The van der Waals surface area contributed by atoms with Gasteiger partial charge >= 0.3 is 6.03 Å². The van der Waals surface area contributed by atoms with E-state index >= 15 is 0 Å². The Morgan fingerprint density at radius 1 is 1.27 bits per heavy atom. The third-order valence-corrected chi connectivity index (χ3v) is 4.88. The Bertz CT molecular complexity index is 728. The van der Waals surface area contributed by atoms with Gasteiger partial charge in [-0.25, -0.2) is 14.5 Å². The summed E-state index contributed by atoms with van der Waals surface area (Å²) in [6.07, 6.45) is 5.01. The minimum Gasteiger partial charge on any atom is -0.497 e. The highest BCUT2D eigenvalue weighted by atomic mass is 16.5. The summed E-state index contributed by atoms with van der Waals surface area (Å²) in [7, 11) is 1.65. The third kappa shape index (κ3) is 4.53. The van der Waals surface area contributed by atoms with Crippen LogP contribution in [0.1, 0.15) is 38.7 Å². The Kier molecular flexibility index (Phi) is 5.75. The monoisotopic (exact) mass is 357 g/mol. The highest BCUT2D eigenvalue weighted by Gasteiger charge is 2.25. The SMILES string of the molecule is COc1ccc(Cn2cnc(NC(=O)N3C[C@H](C)CCC[C@@H]3C)n2)cc1. The van der Waals surface area contributed by atoms with Gasteiger partial charge in [-0.1, -0.05) is 25.5 Å². The summed E-state index contributed by atoms with van der Waals surface area (Å²) in [6.45, 7) is 5.66. The van der Waals surface area contributed by atoms with Crippen molar-refractivity contribution >= 4 is 12.0 Å². The van der Waals surface area contributed by atoms with Gasteiger partial charge in [0.25, 0.3) is 0 Å². The summed E-state index contributed by atoms with van der Waals surface area (Å²) in [4.78, 5) is 18.7. The molecule has 2 atom stereocenters. The Hall–Kier alpha value is -2.57. The first-order chi connectivity index (χ1) is 12.5. The van der Waals surface area contributed by atoms with Gasteiger partial charge in [-0.05, 0) is 43.4 Å². The number of aromatic nitrogens is 3. The predicted octanol–water partition coefficient (Wildman–Crippen LogP) is 3.38. The quantitative estimate of drug-likeness (QED) is 0.910. The molecule has 3 rings (SSSR count). The fourth-order valence-electron chi connectivity index (χ4n) is 3.32. The van der Waals surface area contributed by atoms with Crippen LogP contribution in [0.2, 0.25) is 0 Å². The fraction of sp³-hybridized carbons (Fsp3) is 0.526. The van der Waals surface area contributed by atoms with E-state index in [2.05, 4.69) is 29.2 Å². The molecule has 0 unspecified atom stereocenters. The molecule has 7 nitrogen and oxygen atoms in total. The second kappa shape index (κ2) is 8.21. The molecule has 1 aromatic heterocycles. The molecule has 1 aliphatic heterocycles. The van der Waals surface area contributed by atoms with Crippen LogP contribution in [0.15, 0.2) is 30.6 Å². The molecule has 1 N–H and O–H groups in total. The maximum absolute atomic E-state index is 12.6. The lowest BCUT2D eigenvalue weighted by Gasteiger charge is -2.28. The number of carbonyl (C=O) groups is 1. The first-order valence-electron chi connectivity index (χ1n) is 9.15. The van der Waals surface area contributed by atoms with Gasteiger partial charge in [0.05, 0.1) is 13.7 Å². The number of ether oxygens (including phenoxy) is 1. The maximum Gasteiger partial charge on any atom is 0.324 e. The average Bonchev–Trinajstić information content (AvgIpc) is 2.98. The van der Waals surface area contributed by atoms with Gasteiger partial charge in [0.15, 0.2) is 0 Å². The van der Waals surface area contributed by atoms with Crippen molar-refractivity contribution in [3.63, 3.8) is 0 Å². The molecular weight excluding hydrogens is 330 g/mol. The molecule has 140 valence electrons. The molecule has 0 aliphatic carbocycles. The first kappa shape index (κ1) is 18.2. The van der Waals surface area contributed by atoms with Gasteiger partial charge in [-0.15, -0.1) is 5.10 Å². The highest BCUT2D eigenvalue weighted by molar-refractivity contribution is 5.87. The second-order valence-corrected chi connectivity index (χ2v) is 7.08. The number of methoxy groups -OCH3 is 1. The Balaban J connectivity index is 1.61. The van der Waals surface area contributed by atoms with Crippen molar-refractivity contribution in [2.24, 2.45) is 5.92 Å². The minimum absolute atomic E-state index is 0.117. The third-order valence-electron chi connectivity index (χ3n) is 4.88. The standard InChI is InChI=1S/C19H27N5O2/c1-14-5-4-6-15(2)24(11-14)19(25)21-18-20-13-23(22-18)12-16-7-9-17(26-3)10-8-16/h7-10,13-15H,4-6,11-12H2,1-3H3,(H,21,22,25)/t14-,15+/m1/s1. The van der Waals surface area contributed by atoms with E-state index in [1.54, 1.807) is 18.1 Å². The zero-order chi connectivity index (χ0) is 18.5. The molecule has 2 heterocycles. The summed E-state index contributed by atoms with van der Waals surface area (Å²) < 4.78 is 6.88. The lowest BCUT2D eigenvalue weighted by atomic mass is 10.1. The molecule has 1 saturated heterocycles. The van der Waals surface area contributed by atoms with Gasteiger partial charge in [0, 0.05) is 12.6 Å². The molecule has 7 heteroatoms. The number of benzene rings is 1. The molecule has 2 aromatic rings. The number of nitrogens with zero attached hydrogens (tertiary/aromatic N) is 4. The molecule has 0 bridgehead atoms. The molecule has 0 saturated carbocycles. The molecule has 1 fully saturated rings. The fourth-order valence-corrected chi connectivity index (χ4v) is 3.32. The van der Waals surface area contributed by atoms with Crippen molar-refractivity contribution in [3.8, 4) is 5.75 Å². The van der Waals surface area contributed by atoms with E-state index in [0.717, 1.165) is 24.3 Å². The zero-order valence-electron chi connectivity index (χ0n) is 15.7. The van der Waals surface area contributed by atoms with E-state index in [0.29, 0.717) is 18.4 Å². The van der Waals surface area contributed by atoms with E-state index in [9.17, 15) is 4.79 Å². The van der Waals surface area contributed by atoms with Crippen LogP contribution >= 0.6 is 0 Å². The first-order valence-corrected chi connectivity index (χ1v) is 9.15. The molecular formula is C19H27N5O2. The molecule has 2 amide bonds. The van der Waals surface area contributed by atoms with Crippen molar-refractivity contribution in [1.29, 1.82) is 0 Å². The van der Waals surface area contributed by atoms with Crippen LogP contribution in [-0.4, -0.2) is 45.4 Å². The van der Waals surface area contributed by atoms with Crippen molar-refractivity contribution in [2.45, 2.75) is 45.7 Å². The van der Waals surface area contributed by atoms with Crippen molar-refractivity contribution in [3.05, 3.63) is 36.2 Å². The average molecular weight is 357 g/mol. The number of hydrogen-bond donors (Lipinski definition) is 1. The molecule has 26 heavy (non-hydrogen) atoms. The van der Waals surface area contributed by atoms with Gasteiger partial charge in [-0.3, -0.25) is 5.32 Å². The van der Waals surface area contributed by atoms with Gasteiger partial charge in [0.2, 0.25) is 5.95 Å². The number of amides is 2. The van der Waals surface area contributed by atoms with E-state index in [4.69, 9.17) is 4.74 Å². The smallest absolute Gasteiger partial charge is 0.324 e. The van der Waals surface area contributed by atoms with Crippen LogP contribution < -0.4 is 10.1 Å². The summed E-state index contributed by atoms with van der Waals surface area (Å²) in [5.74, 6) is 1.68. The normalized spacial score (nSPS) is 20.5. The predicted molar refractivity (Wildman–Crippen MR) is 100 cm³/mol. The van der Waals surface area contributed by atoms with Crippen molar-refractivity contribution < 1.29 is 9.53 Å². The van der Waals surface area contributed by atoms with E-state index in [1.807, 2.05) is 29.2 Å². The zero-order valence-corrected chi connectivity index (χ0v) is 15.7. The van der Waals surface area contributed by atoms with Crippen LogP contribution in [0.25, 0.3) is 0 Å². The van der Waals surface area contributed by atoms with Gasteiger partial charge < -0.3 is 9.64 Å². The minimum atomic E-state index is -0.117.